The minimum absolute atomic E-state index is 0.00578. The average molecular weight is 441 g/mol. The van der Waals surface area contributed by atoms with Gasteiger partial charge in [0.2, 0.25) is 11.8 Å². The van der Waals surface area contributed by atoms with E-state index in [0.29, 0.717) is 18.7 Å². The van der Waals surface area contributed by atoms with Crippen LogP contribution in [-0.2, 0) is 21.9 Å². The summed E-state index contributed by atoms with van der Waals surface area (Å²) in [5, 5.41) is 3.06. The number of thioether (sulfide) groups is 1. The number of amides is 2. The standard InChI is InChI=1S/C26H36N2O2S/c1-6-21(5)27-26(30)24(7-2)28(16-22-13-10-11-19(3)15-22)25(29)18-31-17-23-14-9-8-12-20(23)4/h8-15,21,24H,6-7,16-18H2,1-5H3,(H,27,30)/t21-,24+/m0/s1. The molecule has 0 unspecified atom stereocenters. The highest BCUT2D eigenvalue weighted by molar-refractivity contribution is 7.99. The van der Waals surface area contributed by atoms with E-state index in [9.17, 15) is 9.59 Å². The molecule has 0 bridgehead atoms. The predicted octanol–water partition coefficient (Wildman–Crippen LogP) is 5.26. The molecule has 0 fully saturated rings. The zero-order valence-electron chi connectivity index (χ0n) is 19.5. The molecule has 0 spiro atoms. The lowest BCUT2D eigenvalue weighted by Gasteiger charge is -2.31. The van der Waals surface area contributed by atoms with Gasteiger partial charge in [0.25, 0.3) is 0 Å². The molecule has 0 saturated carbocycles. The van der Waals surface area contributed by atoms with E-state index in [1.54, 1.807) is 16.7 Å². The number of carbonyl (C=O) groups is 2. The smallest absolute Gasteiger partial charge is 0.243 e. The molecule has 168 valence electrons. The van der Waals surface area contributed by atoms with E-state index in [1.165, 1.54) is 11.1 Å². The largest absolute Gasteiger partial charge is 0.352 e. The molecular formula is C26H36N2O2S. The van der Waals surface area contributed by atoms with Crippen molar-refractivity contribution in [1.82, 2.24) is 10.2 Å². The van der Waals surface area contributed by atoms with Crippen molar-refractivity contribution in [2.75, 3.05) is 5.75 Å². The summed E-state index contributed by atoms with van der Waals surface area (Å²) in [6.45, 7) is 10.6. The summed E-state index contributed by atoms with van der Waals surface area (Å²) < 4.78 is 0. The molecule has 31 heavy (non-hydrogen) atoms. The number of benzene rings is 2. The van der Waals surface area contributed by atoms with Gasteiger partial charge >= 0.3 is 0 Å². The minimum atomic E-state index is -0.471. The van der Waals surface area contributed by atoms with Gasteiger partial charge in [0.1, 0.15) is 6.04 Å². The van der Waals surface area contributed by atoms with Crippen LogP contribution >= 0.6 is 11.8 Å². The van der Waals surface area contributed by atoms with Gasteiger partial charge in [0, 0.05) is 18.3 Å². The van der Waals surface area contributed by atoms with Crippen molar-refractivity contribution in [3.05, 3.63) is 70.8 Å². The highest BCUT2D eigenvalue weighted by Gasteiger charge is 2.29. The van der Waals surface area contributed by atoms with Crippen LogP contribution in [0, 0.1) is 13.8 Å². The monoisotopic (exact) mass is 440 g/mol. The Balaban J connectivity index is 2.15. The quantitative estimate of drug-likeness (QED) is 0.519. The third kappa shape index (κ3) is 7.73. The van der Waals surface area contributed by atoms with Gasteiger partial charge in [-0.25, -0.2) is 0 Å². The van der Waals surface area contributed by atoms with Crippen LogP contribution in [-0.4, -0.2) is 34.6 Å². The molecule has 0 saturated heterocycles. The van der Waals surface area contributed by atoms with Gasteiger partial charge < -0.3 is 10.2 Å². The first-order valence-electron chi connectivity index (χ1n) is 11.1. The Morgan fingerprint density at radius 3 is 2.42 bits per heavy atom. The fourth-order valence-corrected chi connectivity index (χ4v) is 4.46. The average Bonchev–Trinajstić information content (AvgIpc) is 2.74. The Labute approximate surface area is 191 Å². The Morgan fingerprint density at radius 1 is 1.03 bits per heavy atom. The summed E-state index contributed by atoms with van der Waals surface area (Å²) in [4.78, 5) is 28.0. The number of hydrogen-bond donors (Lipinski definition) is 1. The number of rotatable bonds is 11. The molecule has 2 rings (SSSR count). The molecule has 2 amide bonds. The van der Waals surface area contributed by atoms with E-state index in [-0.39, 0.29) is 17.9 Å². The molecule has 2 aromatic rings. The van der Waals surface area contributed by atoms with E-state index in [1.807, 2.05) is 58.0 Å². The van der Waals surface area contributed by atoms with Crippen LogP contribution < -0.4 is 5.32 Å². The summed E-state index contributed by atoms with van der Waals surface area (Å²) >= 11 is 1.61. The van der Waals surface area contributed by atoms with Crippen LogP contribution in [0.3, 0.4) is 0 Å². The molecule has 0 aliphatic rings. The number of carbonyl (C=O) groups excluding carboxylic acids is 2. The summed E-state index contributed by atoms with van der Waals surface area (Å²) in [6, 6.07) is 16.0. The summed E-state index contributed by atoms with van der Waals surface area (Å²) in [7, 11) is 0. The van der Waals surface area contributed by atoms with Crippen LogP contribution in [0.5, 0.6) is 0 Å². The van der Waals surface area contributed by atoms with E-state index in [4.69, 9.17) is 0 Å². The Hall–Kier alpha value is -2.27. The summed E-state index contributed by atoms with van der Waals surface area (Å²) in [6.07, 6.45) is 1.45. The van der Waals surface area contributed by atoms with Gasteiger partial charge in [-0.15, -0.1) is 11.8 Å². The second-order valence-electron chi connectivity index (χ2n) is 8.17. The predicted molar refractivity (Wildman–Crippen MR) is 131 cm³/mol. The molecule has 4 nitrogen and oxygen atoms in total. The van der Waals surface area contributed by atoms with E-state index in [2.05, 4.69) is 30.4 Å². The van der Waals surface area contributed by atoms with Gasteiger partial charge in [0.05, 0.1) is 5.75 Å². The lowest BCUT2D eigenvalue weighted by atomic mass is 10.1. The fourth-order valence-electron chi connectivity index (χ4n) is 3.47. The highest BCUT2D eigenvalue weighted by atomic mass is 32.2. The lowest BCUT2D eigenvalue weighted by molar-refractivity contribution is -0.139. The second-order valence-corrected chi connectivity index (χ2v) is 9.16. The van der Waals surface area contributed by atoms with E-state index in [0.717, 1.165) is 23.3 Å². The number of aryl methyl sites for hydroxylation is 2. The summed E-state index contributed by atoms with van der Waals surface area (Å²) in [5.41, 5.74) is 4.67. The number of hydrogen-bond acceptors (Lipinski definition) is 3. The Morgan fingerprint density at radius 2 is 1.77 bits per heavy atom. The van der Waals surface area contributed by atoms with Crippen molar-refractivity contribution in [2.24, 2.45) is 0 Å². The molecule has 0 radical (unpaired) electrons. The molecule has 5 heteroatoms. The van der Waals surface area contributed by atoms with Crippen molar-refractivity contribution in [1.29, 1.82) is 0 Å². The minimum Gasteiger partial charge on any atom is -0.352 e. The maximum Gasteiger partial charge on any atom is 0.243 e. The fraction of sp³-hybridized carbons (Fsp3) is 0.462. The van der Waals surface area contributed by atoms with Crippen molar-refractivity contribution in [3.8, 4) is 0 Å². The van der Waals surface area contributed by atoms with Gasteiger partial charge in [-0.05, 0) is 50.3 Å². The molecule has 0 aliphatic carbocycles. The van der Waals surface area contributed by atoms with Crippen molar-refractivity contribution in [2.45, 2.75) is 71.8 Å². The molecule has 0 heterocycles. The Kier molecular flexibility index (Phi) is 10.1. The van der Waals surface area contributed by atoms with Gasteiger partial charge in [-0.3, -0.25) is 9.59 Å². The topological polar surface area (TPSA) is 49.4 Å². The highest BCUT2D eigenvalue weighted by Crippen LogP contribution is 2.19. The first-order chi connectivity index (χ1) is 14.8. The van der Waals surface area contributed by atoms with Gasteiger partial charge in [-0.2, -0.15) is 0 Å². The Bertz CT molecular complexity index is 868. The van der Waals surface area contributed by atoms with Gasteiger partial charge in [-0.1, -0.05) is 67.9 Å². The van der Waals surface area contributed by atoms with Crippen LogP contribution in [0.25, 0.3) is 0 Å². The molecule has 0 aliphatic heterocycles. The maximum absolute atomic E-state index is 13.3. The first kappa shape index (κ1) is 25.0. The number of nitrogens with one attached hydrogen (secondary N) is 1. The van der Waals surface area contributed by atoms with E-state index >= 15 is 0 Å². The van der Waals surface area contributed by atoms with E-state index < -0.39 is 6.04 Å². The molecular weight excluding hydrogens is 404 g/mol. The lowest BCUT2D eigenvalue weighted by Crippen LogP contribution is -2.51. The number of nitrogens with zero attached hydrogens (tertiary/aromatic N) is 1. The summed E-state index contributed by atoms with van der Waals surface area (Å²) in [5.74, 6) is 1.08. The first-order valence-corrected chi connectivity index (χ1v) is 12.3. The molecule has 2 atom stereocenters. The molecule has 2 aromatic carbocycles. The van der Waals surface area contributed by atoms with Crippen LogP contribution in [0.15, 0.2) is 48.5 Å². The second kappa shape index (κ2) is 12.6. The SMILES string of the molecule is CC[C@H](C(=O)N[C@@H](C)CC)N(Cc1cccc(C)c1)C(=O)CSCc1ccccc1C. The zero-order valence-corrected chi connectivity index (χ0v) is 20.3. The third-order valence-electron chi connectivity index (χ3n) is 5.57. The van der Waals surface area contributed by atoms with Crippen LogP contribution in [0.4, 0.5) is 0 Å². The zero-order chi connectivity index (χ0) is 22.8. The van der Waals surface area contributed by atoms with Crippen LogP contribution in [0.1, 0.15) is 55.9 Å². The van der Waals surface area contributed by atoms with Crippen molar-refractivity contribution >= 4 is 23.6 Å². The molecule has 0 aromatic heterocycles. The van der Waals surface area contributed by atoms with Crippen molar-refractivity contribution in [3.63, 3.8) is 0 Å². The van der Waals surface area contributed by atoms with Gasteiger partial charge in [0.15, 0.2) is 0 Å². The van der Waals surface area contributed by atoms with Crippen molar-refractivity contribution < 1.29 is 9.59 Å². The van der Waals surface area contributed by atoms with Crippen LogP contribution in [0.2, 0.25) is 0 Å². The maximum atomic E-state index is 13.3. The molecule has 1 N–H and O–H groups in total. The third-order valence-corrected chi connectivity index (χ3v) is 6.53. The normalized spacial score (nSPS) is 12.8.